The van der Waals surface area contributed by atoms with E-state index in [9.17, 15) is 4.79 Å². The number of ether oxygens (including phenoxy) is 1. The molecule has 0 spiro atoms. The molecular weight excluding hydrogens is 276 g/mol. The van der Waals surface area contributed by atoms with Crippen LogP contribution in [0, 0.1) is 0 Å². The number of halogens is 1. The molecule has 4 nitrogen and oxygen atoms in total. The molecule has 0 saturated heterocycles. The molecule has 1 N–H and O–H groups in total. The Bertz CT molecular complexity index is 825. The highest BCUT2D eigenvalue weighted by atomic mass is 35.5. The first-order chi connectivity index (χ1) is 9.69. The molecular formula is C15H11ClN2O2. The number of nitrogens with one attached hydrogen (secondary N) is 1. The van der Waals surface area contributed by atoms with Crippen LogP contribution in [0.2, 0.25) is 5.02 Å². The summed E-state index contributed by atoms with van der Waals surface area (Å²) in [6.07, 6.45) is 0. The zero-order chi connectivity index (χ0) is 14.1. The van der Waals surface area contributed by atoms with Gasteiger partial charge in [-0.05, 0) is 30.3 Å². The number of methoxy groups -OCH3 is 1. The SMILES string of the molecule is COc1ccc2c(=O)[nH]nc(-c3ccc(Cl)cc3)c2c1. The van der Waals surface area contributed by atoms with Gasteiger partial charge in [-0.3, -0.25) is 4.79 Å². The van der Waals surface area contributed by atoms with Crippen molar-refractivity contribution in [1.29, 1.82) is 0 Å². The average Bonchev–Trinajstić information content (AvgIpc) is 2.48. The fourth-order valence-corrected chi connectivity index (χ4v) is 2.23. The van der Waals surface area contributed by atoms with Gasteiger partial charge in [0, 0.05) is 16.0 Å². The number of aromatic nitrogens is 2. The van der Waals surface area contributed by atoms with Crippen molar-refractivity contribution >= 4 is 22.4 Å². The molecule has 0 fully saturated rings. The number of H-pyrrole nitrogens is 1. The van der Waals surface area contributed by atoms with E-state index in [1.165, 1.54) is 0 Å². The third-order valence-corrected chi connectivity index (χ3v) is 3.37. The van der Waals surface area contributed by atoms with Gasteiger partial charge in [-0.1, -0.05) is 23.7 Å². The van der Waals surface area contributed by atoms with Gasteiger partial charge in [-0.15, -0.1) is 0 Å². The quantitative estimate of drug-likeness (QED) is 0.787. The third-order valence-electron chi connectivity index (χ3n) is 3.11. The van der Waals surface area contributed by atoms with E-state index >= 15 is 0 Å². The van der Waals surface area contributed by atoms with Crippen molar-refractivity contribution in [3.8, 4) is 17.0 Å². The Morgan fingerprint density at radius 1 is 1.10 bits per heavy atom. The summed E-state index contributed by atoms with van der Waals surface area (Å²) in [5.41, 5.74) is 1.35. The van der Waals surface area contributed by atoms with Gasteiger partial charge < -0.3 is 4.74 Å². The van der Waals surface area contributed by atoms with E-state index in [2.05, 4.69) is 10.2 Å². The maximum atomic E-state index is 11.8. The Hall–Kier alpha value is -2.33. The van der Waals surface area contributed by atoms with E-state index in [0.717, 1.165) is 10.9 Å². The maximum absolute atomic E-state index is 11.8. The van der Waals surface area contributed by atoms with Crippen molar-refractivity contribution < 1.29 is 4.74 Å². The minimum absolute atomic E-state index is 0.222. The predicted molar refractivity (Wildman–Crippen MR) is 79.4 cm³/mol. The van der Waals surface area contributed by atoms with Crippen LogP contribution in [0.15, 0.2) is 47.3 Å². The molecule has 20 heavy (non-hydrogen) atoms. The summed E-state index contributed by atoms with van der Waals surface area (Å²) < 4.78 is 5.21. The summed E-state index contributed by atoms with van der Waals surface area (Å²) in [6.45, 7) is 0. The lowest BCUT2D eigenvalue weighted by Gasteiger charge is -2.07. The molecule has 0 aliphatic carbocycles. The molecule has 3 aromatic rings. The Balaban J connectivity index is 2.32. The summed E-state index contributed by atoms with van der Waals surface area (Å²) in [5, 5.41) is 8.63. The number of nitrogens with zero attached hydrogens (tertiary/aromatic N) is 1. The Labute approximate surface area is 120 Å². The van der Waals surface area contributed by atoms with Crippen LogP contribution < -0.4 is 10.3 Å². The summed E-state index contributed by atoms with van der Waals surface area (Å²) >= 11 is 5.89. The normalized spacial score (nSPS) is 10.7. The smallest absolute Gasteiger partial charge is 0.272 e. The molecule has 5 heteroatoms. The van der Waals surface area contributed by atoms with Gasteiger partial charge in [-0.2, -0.15) is 5.10 Å². The summed E-state index contributed by atoms with van der Waals surface area (Å²) in [4.78, 5) is 11.8. The minimum atomic E-state index is -0.222. The molecule has 100 valence electrons. The topological polar surface area (TPSA) is 55.0 Å². The van der Waals surface area contributed by atoms with Crippen molar-refractivity contribution in [2.45, 2.75) is 0 Å². The van der Waals surface area contributed by atoms with Crippen LogP contribution in [0.25, 0.3) is 22.0 Å². The number of fused-ring (bicyclic) bond motifs is 1. The zero-order valence-corrected chi connectivity index (χ0v) is 11.4. The number of hydrogen-bond donors (Lipinski definition) is 1. The monoisotopic (exact) mass is 286 g/mol. The molecule has 0 unspecified atom stereocenters. The number of rotatable bonds is 2. The van der Waals surface area contributed by atoms with Crippen molar-refractivity contribution in [1.82, 2.24) is 10.2 Å². The second-order valence-electron chi connectivity index (χ2n) is 4.32. The van der Waals surface area contributed by atoms with Crippen molar-refractivity contribution in [2.75, 3.05) is 7.11 Å². The fraction of sp³-hybridized carbons (Fsp3) is 0.0667. The molecule has 0 bridgehead atoms. The lowest BCUT2D eigenvalue weighted by Crippen LogP contribution is -2.09. The predicted octanol–water partition coefficient (Wildman–Crippen LogP) is 3.25. The van der Waals surface area contributed by atoms with E-state index in [1.54, 1.807) is 31.4 Å². The Morgan fingerprint density at radius 2 is 1.85 bits per heavy atom. The van der Waals surface area contributed by atoms with E-state index in [1.807, 2.05) is 18.2 Å². The minimum Gasteiger partial charge on any atom is -0.497 e. The second-order valence-corrected chi connectivity index (χ2v) is 4.76. The molecule has 3 rings (SSSR count). The molecule has 1 aromatic heterocycles. The summed E-state index contributed by atoms with van der Waals surface area (Å²) in [7, 11) is 1.59. The first kappa shape index (κ1) is 12.7. The highest BCUT2D eigenvalue weighted by Crippen LogP contribution is 2.28. The Morgan fingerprint density at radius 3 is 2.55 bits per heavy atom. The summed E-state index contributed by atoms with van der Waals surface area (Å²) in [5.74, 6) is 0.681. The maximum Gasteiger partial charge on any atom is 0.272 e. The molecule has 0 aliphatic rings. The van der Waals surface area contributed by atoms with Crippen LogP contribution in [-0.4, -0.2) is 17.3 Å². The van der Waals surface area contributed by atoms with Gasteiger partial charge >= 0.3 is 0 Å². The first-order valence-electron chi connectivity index (χ1n) is 6.01. The summed E-state index contributed by atoms with van der Waals surface area (Å²) in [6, 6.07) is 12.6. The number of benzene rings is 2. The molecule has 0 saturated carbocycles. The standard InChI is InChI=1S/C15H11ClN2O2/c1-20-11-6-7-12-13(8-11)14(17-18-15(12)19)9-2-4-10(16)5-3-9/h2-8H,1H3,(H,18,19). The van der Waals surface area contributed by atoms with E-state index in [0.29, 0.717) is 21.9 Å². The van der Waals surface area contributed by atoms with Gasteiger partial charge in [-0.25, -0.2) is 5.10 Å². The molecule has 0 radical (unpaired) electrons. The van der Waals surface area contributed by atoms with Crippen LogP contribution in [0.1, 0.15) is 0 Å². The molecule has 0 amide bonds. The van der Waals surface area contributed by atoms with E-state index in [-0.39, 0.29) is 5.56 Å². The lowest BCUT2D eigenvalue weighted by molar-refractivity contribution is 0.415. The lowest BCUT2D eigenvalue weighted by atomic mass is 10.0. The zero-order valence-electron chi connectivity index (χ0n) is 10.7. The molecule has 0 atom stereocenters. The molecule has 0 aliphatic heterocycles. The van der Waals surface area contributed by atoms with Crippen molar-refractivity contribution in [3.63, 3.8) is 0 Å². The molecule has 1 heterocycles. The van der Waals surface area contributed by atoms with Crippen LogP contribution in [0.3, 0.4) is 0 Å². The van der Waals surface area contributed by atoms with Gasteiger partial charge in [0.25, 0.3) is 5.56 Å². The van der Waals surface area contributed by atoms with Crippen molar-refractivity contribution in [3.05, 3.63) is 57.8 Å². The fourth-order valence-electron chi connectivity index (χ4n) is 2.10. The third kappa shape index (κ3) is 2.14. The van der Waals surface area contributed by atoms with Crippen LogP contribution in [-0.2, 0) is 0 Å². The van der Waals surface area contributed by atoms with Gasteiger partial charge in [0.1, 0.15) is 5.75 Å². The van der Waals surface area contributed by atoms with Gasteiger partial charge in [0.05, 0.1) is 18.2 Å². The highest BCUT2D eigenvalue weighted by Gasteiger charge is 2.09. The van der Waals surface area contributed by atoms with Crippen LogP contribution >= 0.6 is 11.6 Å². The van der Waals surface area contributed by atoms with Crippen LogP contribution in [0.5, 0.6) is 5.75 Å². The number of aromatic amines is 1. The highest BCUT2D eigenvalue weighted by molar-refractivity contribution is 6.30. The van der Waals surface area contributed by atoms with Crippen LogP contribution in [0.4, 0.5) is 0 Å². The van der Waals surface area contributed by atoms with Gasteiger partial charge in [0.15, 0.2) is 0 Å². The van der Waals surface area contributed by atoms with E-state index in [4.69, 9.17) is 16.3 Å². The van der Waals surface area contributed by atoms with Crippen molar-refractivity contribution in [2.24, 2.45) is 0 Å². The van der Waals surface area contributed by atoms with Gasteiger partial charge in [0.2, 0.25) is 0 Å². The van der Waals surface area contributed by atoms with E-state index < -0.39 is 0 Å². The number of hydrogen-bond acceptors (Lipinski definition) is 3. The largest absolute Gasteiger partial charge is 0.497 e. The Kier molecular flexibility index (Phi) is 3.16. The average molecular weight is 287 g/mol. The first-order valence-corrected chi connectivity index (χ1v) is 6.39. The molecule has 2 aromatic carbocycles. The second kappa shape index (κ2) is 4.98.